The van der Waals surface area contributed by atoms with Gasteiger partial charge in [0, 0.05) is 30.1 Å². The third-order valence-corrected chi connectivity index (χ3v) is 5.05. The number of aryl methyl sites for hydroxylation is 1. The molecule has 144 valence electrons. The molecule has 0 bridgehead atoms. The lowest BCUT2D eigenvalue weighted by molar-refractivity contribution is 0.0950. The normalized spacial score (nSPS) is 10.8. The molecule has 0 atom stereocenters. The Hall–Kier alpha value is -3.06. The zero-order valence-electron chi connectivity index (χ0n) is 15.7. The quantitative estimate of drug-likeness (QED) is 0.627. The molecular formula is C21H21N3O3S. The van der Waals surface area contributed by atoms with Crippen molar-refractivity contribution in [3.05, 3.63) is 82.9 Å². The highest BCUT2D eigenvalue weighted by molar-refractivity contribution is 7.71. The minimum absolute atomic E-state index is 0.103. The maximum Gasteiger partial charge on any atom is 0.251 e. The Morgan fingerprint density at radius 1 is 1.00 bits per heavy atom. The van der Waals surface area contributed by atoms with Crippen molar-refractivity contribution in [1.29, 1.82) is 0 Å². The molecule has 0 aliphatic heterocycles. The van der Waals surface area contributed by atoms with Gasteiger partial charge in [-0.25, -0.2) is 18.4 Å². The van der Waals surface area contributed by atoms with Crippen molar-refractivity contribution in [3.63, 3.8) is 0 Å². The number of nitrogens with one attached hydrogen (secondary N) is 1. The van der Waals surface area contributed by atoms with E-state index < -0.39 is 10.7 Å². The summed E-state index contributed by atoms with van der Waals surface area (Å²) < 4.78 is 22.6. The minimum atomic E-state index is -2.60. The van der Waals surface area contributed by atoms with E-state index in [1.165, 1.54) is 0 Å². The molecule has 0 unspecified atom stereocenters. The summed E-state index contributed by atoms with van der Waals surface area (Å²) in [5.74, 6) is 0.296. The van der Waals surface area contributed by atoms with Gasteiger partial charge < -0.3 is 5.32 Å². The molecule has 1 aromatic heterocycles. The van der Waals surface area contributed by atoms with Gasteiger partial charge in [0.25, 0.3) is 5.91 Å². The van der Waals surface area contributed by atoms with Crippen LogP contribution in [0.4, 0.5) is 0 Å². The number of thiol groups is 1. The molecule has 28 heavy (non-hydrogen) atoms. The average Bonchev–Trinajstić information content (AvgIpc) is 2.69. The third-order valence-electron chi connectivity index (χ3n) is 4.45. The van der Waals surface area contributed by atoms with Gasteiger partial charge in [-0.15, -0.1) is 0 Å². The van der Waals surface area contributed by atoms with Crippen LogP contribution in [0.25, 0.3) is 11.1 Å². The monoisotopic (exact) mass is 395 g/mol. The average molecular weight is 395 g/mol. The van der Waals surface area contributed by atoms with Gasteiger partial charge in [0.2, 0.25) is 0 Å². The molecule has 1 heterocycles. The predicted octanol–water partition coefficient (Wildman–Crippen LogP) is 2.80. The SMILES string of the molecule is Cc1ncc(CNC(=O)c2cc(-c3ccccc3)cc(C[SH](=O)=O)c2C)cn1. The Bertz CT molecular complexity index is 1050. The molecule has 1 N–H and O–H groups in total. The highest BCUT2D eigenvalue weighted by Crippen LogP contribution is 2.26. The zero-order chi connectivity index (χ0) is 20.1. The second-order valence-electron chi connectivity index (χ2n) is 6.49. The summed E-state index contributed by atoms with van der Waals surface area (Å²) in [4.78, 5) is 21.1. The van der Waals surface area contributed by atoms with Crippen LogP contribution in [-0.4, -0.2) is 24.3 Å². The number of rotatable bonds is 6. The molecule has 1 amide bonds. The van der Waals surface area contributed by atoms with Gasteiger partial charge in [-0.2, -0.15) is 0 Å². The van der Waals surface area contributed by atoms with Gasteiger partial charge in [0.1, 0.15) is 16.5 Å². The van der Waals surface area contributed by atoms with E-state index in [2.05, 4.69) is 15.3 Å². The summed E-state index contributed by atoms with van der Waals surface area (Å²) in [5.41, 5.74) is 4.27. The molecule has 0 aliphatic rings. The summed E-state index contributed by atoms with van der Waals surface area (Å²) >= 11 is 0. The van der Waals surface area contributed by atoms with Crippen LogP contribution in [-0.2, 0) is 23.0 Å². The number of nitrogens with zero attached hydrogens (tertiary/aromatic N) is 2. The fourth-order valence-electron chi connectivity index (χ4n) is 2.90. The maximum absolute atomic E-state index is 12.8. The first-order chi connectivity index (χ1) is 13.4. The van der Waals surface area contributed by atoms with Gasteiger partial charge in [-0.3, -0.25) is 4.79 Å². The van der Waals surface area contributed by atoms with E-state index in [0.29, 0.717) is 29.1 Å². The van der Waals surface area contributed by atoms with Crippen molar-refractivity contribution in [3.8, 4) is 11.1 Å². The minimum Gasteiger partial charge on any atom is -0.348 e. The lowest BCUT2D eigenvalue weighted by Crippen LogP contribution is -2.24. The van der Waals surface area contributed by atoms with Crippen molar-refractivity contribution in [2.45, 2.75) is 26.1 Å². The van der Waals surface area contributed by atoms with Crippen LogP contribution < -0.4 is 5.32 Å². The second-order valence-corrected chi connectivity index (χ2v) is 7.47. The van der Waals surface area contributed by atoms with E-state index in [-0.39, 0.29) is 11.7 Å². The number of hydrogen-bond donors (Lipinski definition) is 2. The molecular weight excluding hydrogens is 374 g/mol. The van der Waals surface area contributed by atoms with Crippen LogP contribution >= 0.6 is 0 Å². The zero-order valence-corrected chi connectivity index (χ0v) is 16.6. The predicted molar refractivity (Wildman–Crippen MR) is 109 cm³/mol. The number of carbonyl (C=O) groups excluding carboxylic acids is 1. The molecule has 3 aromatic rings. The van der Waals surface area contributed by atoms with E-state index in [4.69, 9.17) is 0 Å². The Kier molecular flexibility index (Phi) is 6.16. The fourth-order valence-corrected chi connectivity index (χ4v) is 3.51. The number of carbonyl (C=O) groups is 1. The van der Waals surface area contributed by atoms with E-state index >= 15 is 0 Å². The Balaban J connectivity index is 1.93. The van der Waals surface area contributed by atoms with Crippen molar-refractivity contribution in [2.75, 3.05) is 0 Å². The van der Waals surface area contributed by atoms with Gasteiger partial charge in [0.15, 0.2) is 0 Å². The molecule has 2 aromatic carbocycles. The van der Waals surface area contributed by atoms with Crippen LogP contribution in [0.15, 0.2) is 54.9 Å². The molecule has 0 spiro atoms. The molecule has 0 fully saturated rings. The summed E-state index contributed by atoms with van der Waals surface area (Å²) in [5, 5.41) is 2.86. The summed E-state index contributed by atoms with van der Waals surface area (Å²) in [6.45, 7) is 3.86. The summed E-state index contributed by atoms with van der Waals surface area (Å²) in [6.07, 6.45) is 3.34. The maximum atomic E-state index is 12.8. The van der Waals surface area contributed by atoms with Crippen LogP contribution in [0.1, 0.15) is 32.9 Å². The molecule has 6 nitrogen and oxygen atoms in total. The van der Waals surface area contributed by atoms with Gasteiger partial charge >= 0.3 is 0 Å². The number of aromatic nitrogens is 2. The first-order valence-electron chi connectivity index (χ1n) is 8.80. The lowest BCUT2D eigenvalue weighted by Gasteiger charge is -2.14. The van der Waals surface area contributed by atoms with Crippen molar-refractivity contribution >= 4 is 16.6 Å². The van der Waals surface area contributed by atoms with Crippen LogP contribution in [0.5, 0.6) is 0 Å². The van der Waals surface area contributed by atoms with Gasteiger partial charge in [-0.1, -0.05) is 30.3 Å². The van der Waals surface area contributed by atoms with Crippen molar-refractivity contribution in [2.24, 2.45) is 0 Å². The van der Waals surface area contributed by atoms with Crippen LogP contribution in [0, 0.1) is 13.8 Å². The third kappa shape index (κ3) is 4.80. The highest BCUT2D eigenvalue weighted by Gasteiger charge is 2.15. The first kappa shape index (κ1) is 19.7. The van der Waals surface area contributed by atoms with Crippen LogP contribution in [0.3, 0.4) is 0 Å². The lowest BCUT2D eigenvalue weighted by atomic mass is 9.95. The largest absolute Gasteiger partial charge is 0.348 e. The Morgan fingerprint density at radius 3 is 2.32 bits per heavy atom. The van der Waals surface area contributed by atoms with E-state index in [1.807, 2.05) is 36.4 Å². The first-order valence-corrected chi connectivity index (χ1v) is 10.2. The van der Waals surface area contributed by atoms with Crippen molar-refractivity contribution in [1.82, 2.24) is 15.3 Å². The number of hydrogen-bond acceptors (Lipinski definition) is 5. The smallest absolute Gasteiger partial charge is 0.251 e. The molecule has 7 heteroatoms. The molecule has 0 radical (unpaired) electrons. The molecule has 3 rings (SSSR count). The Labute approximate surface area is 165 Å². The fraction of sp³-hybridized carbons (Fsp3) is 0.190. The van der Waals surface area contributed by atoms with Crippen molar-refractivity contribution < 1.29 is 13.2 Å². The number of benzene rings is 2. The molecule has 0 saturated carbocycles. The van der Waals surface area contributed by atoms with E-state index in [1.54, 1.807) is 32.3 Å². The number of amides is 1. The van der Waals surface area contributed by atoms with E-state index in [0.717, 1.165) is 16.7 Å². The molecule has 0 saturated heterocycles. The van der Waals surface area contributed by atoms with Crippen LogP contribution in [0.2, 0.25) is 0 Å². The van der Waals surface area contributed by atoms with E-state index in [9.17, 15) is 13.2 Å². The Morgan fingerprint density at radius 2 is 1.68 bits per heavy atom. The standard InChI is InChI=1S/C21H21N3O3S/c1-14-19(13-28(26)27)8-18(17-6-4-3-5-7-17)9-20(14)21(25)24-12-16-10-22-15(2)23-11-16/h3-11,28H,12-13H2,1-2H3,(H,24,25). The topological polar surface area (TPSA) is 89.0 Å². The summed E-state index contributed by atoms with van der Waals surface area (Å²) in [6, 6.07) is 13.2. The molecule has 0 aliphatic carbocycles. The highest BCUT2D eigenvalue weighted by atomic mass is 32.2. The van der Waals surface area contributed by atoms with Gasteiger partial charge in [-0.05, 0) is 48.2 Å². The van der Waals surface area contributed by atoms with Gasteiger partial charge in [0.05, 0.1) is 5.75 Å². The summed E-state index contributed by atoms with van der Waals surface area (Å²) in [7, 11) is -2.60. The second kappa shape index (κ2) is 8.75.